The summed E-state index contributed by atoms with van der Waals surface area (Å²) in [6.07, 6.45) is -5.01. The van der Waals surface area contributed by atoms with E-state index in [1.165, 1.54) is 24.8 Å². The molecule has 1 aliphatic heterocycles. The van der Waals surface area contributed by atoms with Gasteiger partial charge in [-0.25, -0.2) is 0 Å². The van der Waals surface area contributed by atoms with Gasteiger partial charge in [-0.15, -0.1) is 10.2 Å². The first-order chi connectivity index (χ1) is 10.3. The average molecular weight is 349 g/mol. The van der Waals surface area contributed by atoms with Crippen molar-refractivity contribution >= 4 is 34.1 Å². The molecular formula is C11H10F3N5OS2. The molecule has 0 radical (unpaired) electrons. The van der Waals surface area contributed by atoms with Crippen LogP contribution in [0.25, 0.3) is 0 Å². The van der Waals surface area contributed by atoms with Gasteiger partial charge in [0.15, 0.2) is 4.34 Å². The number of carbonyl (C=O) groups is 1. The SMILES string of the molecule is CCSc1nnc(N[C@]2(C(F)(F)F)C(=O)NC(C)=C2C#N)s1. The third-order valence-electron chi connectivity index (χ3n) is 2.90. The molecule has 0 bridgehead atoms. The van der Waals surface area contributed by atoms with Crippen molar-refractivity contribution in [3.63, 3.8) is 0 Å². The normalized spacial score (nSPS) is 21.7. The highest BCUT2D eigenvalue weighted by atomic mass is 32.2. The van der Waals surface area contributed by atoms with Gasteiger partial charge in [-0.3, -0.25) is 4.79 Å². The first kappa shape index (κ1) is 16.6. The van der Waals surface area contributed by atoms with E-state index in [4.69, 9.17) is 5.26 Å². The predicted molar refractivity (Wildman–Crippen MR) is 75.2 cm³/mol. The standard InChI is InChI=1S/C11H10F3N5OS2/c1-3-21-9-19-18-8(22-9)17-10(11(12,13)14)6(4-15)5(2)16-7(10)20/h3H2,1-2H3,(H,16,20)(H,17,18)/t10-/m0/s1. The van der Waals surface area contributed by atoms with Gasteiger partial charge in [0.05, 0.1) is 11.6 Å². The van der Waals surface area contributed by atoms with Crippen LogP contribution in [0, 0.1) is 11.3 Å². The highest BCUT2D eigenvalue weighted by Gasteiger charge is 2.67. The zero-order valence-corrected chi connectivity index (χ0v) is 13.0. The molecule has 1 aromatic rings. The number of alkyl halides is 3. The average Bonchev–Trinajstić information content (AvgIpc) is 2.93. The van der Waals surface area contributed by atoms with Gasteiger partial charge in [0.25, 0.3) is 11.4 Å². The summed E-state index contributed by atoms with van der Waals surface area (Å²) in [6.45, 7) is 3.10. The molecule has 0 aromatic carbocycles. The number of halogens is 3. The number of hydrogen-bond acceptors (Lipinski definition) is 7. The lowest BCUT2D eigenvalue weighted by Crippen LogP contribution is -2.59. The third kappa shape index (κ3) is 2.52. The van der Waals surface area contributed by atoms with Gasteiger partial charge in [-0.05, 0) is 12.7 Å². The number of rotatable bonds is 4. The van der Waals surface area contributed by atoms with Crippen molar-refractivity contribution in [1.82, 2.24) is 15.5 Å². The van der Waals surface area contributed by atoms with Crippen LogP contribution >= 0.6 is 23.1 Å². The number of aromatic nitrogens is 2. The van der Waals surface area contributed by atoms with Crippen molar-refractivity contribution in [3.8, 4) is 6.07 Å². The zero-order valence-electron chi connectivity index (χ0n) is 11.4. The molecule has 22 heavy (non-hydrogen) atoms. The van der Waals surface area contributed by atoms with Crippen molar-refractivity contribution in [1.29, 1.82) is 5.26 Å². The lowest BCUT2D eigenvalue weighted by molar-refractivity contribution is -0.174. The molecule has 0 unspecified atom stereocenters. The molecule has 2 heterocycles. The second-order valence-electron chi connectivity index (χ2n) is 4.24. The van der Waals surface area contributed by atoms with Gasteiger partial charge in [-0.2, -0.15) is 18.4 Å². The summed E-state index contributed by atoms with van der Waals surface area (Å²) in [5, 5.41) is 20.3. The largest absolute Gasteiger partial charge is 0.425 e. The van der Waals surface area contributed by atoms with Crippen LogP contribution in [0.5, 0.6) is 0 Å². The summed E-state index contributed by atoms with van der Waals surface area (Å²) in [5.74, 6) is -0.670. The Morgan fingerprint density at radius 1 is 1.50 bits per heavy atom. The summed E-state index contributed by atoms with van der Waals surface area (Å²) in [6, 6.07) is 1.46. The van der Waals surface area contributed by atoms with E-state index < -0.39 is 23.2 Å². The Labute approximate surface area is 131 Å². The summed E-state index contributed by atoms with van der Waals surface area (Å²) >= 11 is 2.21. The molecule has 11 heteroatoms. The lowest BCUT2D eigenvalue weighted by Gasteiger charge is -2.29. The monoisotopic (exact) mass is 349 g/mol. The summed E-state index contributed by atoms with van der Waals surface area (Å²) in [7, 11) is 0. The first-order valence-electron chi connectivity index (χ1n) is 6.00. The molecule has 1 aliphatic rings. The Kier molecular flexibility index (Phi) is 4.35. The molecule has 2 N–H and O–H groups in total. The van der Waals surface area contributed by atoms with E-state index in [0.29, 0.717) is 10.1 Å². The van der Waals surface area contributed by atoms with Crippen LogP contribution in [0.3, 0.4) is 0 Å². The van der Waals surface area contributed by atoms with Crippen LogP contribution in [0.15, 0.2) is 15.6 Å². The van der Waals surface area contributed by atoms with Gasteiger partial charge < -0.3 is 10.6 Å². The van der Waals surface area contributed by atoms with Gasteiger partial charge >= 0.3 is 6.18 Å². The molecule has 0 saturated heterocycles. The van der Waals surface area contributed by atoms with Crippen molar-refractivity contribution in [2.45, 2.75) is 29.9 Å². The van der Waals surface area contributed by atoms with Crippen LogP contribution in [0.1, 0.15) is 13.8 Å². The highest BCUT2D eigenvalue weighted by Crippen LogP contribution is 2.43. The van der Waals surface area contributed by atoms with Crippen LogP contribution in [-0.4, -0.2) is 33.6 Å². The second kappa shape index (κ2) is 5.77. The number of amides is 1. The molecule has 1 amide bonds. The Morgan fingerprint density at radius 2 is 2.18 bits per heavy atom. The van der Waals surface area contributed by atoms with Crippen LogP contribution in [0.2, 0.25) is 0 Å². The van der Waals surface area contributed by atoms with E-state index in [-0.39, 0.29) is 10.8 Å². The van der Waals surface area contributed by atoms with Crippen molar-refractivity contribution < 1.29 is 18.0 Å². The fourth-order valence-electron chi connectivity index (χ4n) is 1.95. The molecule has 1 aromatic heterocycles. The van der Waals surface area contributed by atoms with E-state index >= 15 is 0 Å². The quantitative estimate of drug-likeness (QED) is 0.811. The number of anilines is 1. The van der Waals surface area contributed by atoms with Gasteiger partial charge in [0.2, 0.25) is 5.13 Å². The molecule has 1 atom stereocenters. The van der Waals surface area contributed by atoms with E-state index in [9.17, 15) is 18.0 Å². The summed E-state index contributed by atoms with van der Waals surface area (Å²) < 4.78 is 41.2. The minimum atomic E-state index is -5.01. The second-order valence-corrected chi connectivity index (χ2v) is 6.73. The topological polar surface area (TPSA) is 90.7 Å². The number of allylic oxidation sites excluding steroid dienone is 1. The number of thioether (sulfide) groups is 1. The number of nitrogens with one attached hydrogen (secondary N) is 2. The van der Waals surface area contributed by atoms with Crippen molar-refractivity contribution in [2.24, 2.45) is 0 Å². The summed E-state index contributed by atoms with van der Waals surface area (Å²) in [4.78, 5) is 11.9. The predicted octanol–water partition coefficient (Wildman–Crippen LogP) is 2.29. The van der Waals surface area contributed by atoms with Crippen LogP contribution < -0.4 is 10.6 Å². The maximum Gasteiger partial charge on any atom is 0.425 e. The van der Waals surface area contributed by atoms with E-state index in [1.807, 2.05) is 6.92 Å². The third-order valence-corrected chi connectivity index (χ3v) is 4.75. The van der Waals surface area contributed by atoms with Crippen LogP contribution in [-0.2, 0) is 4.79 Å². The smallest absolute Gasteiger partial charge is 0.334 e. The lowest BCUT2D eigenvalue weighted by atomic mass is 9.90. The van der Waals surface area contributed by atoms with E-state index in [1.54, 1.807) is 0 Å². The molecule has 0 saturated carbocycles. The molecule has 0 aliphatic carbocycles. The maximum absolute atomic E-state index is 13.6. The fourth-order valence-corrected chi connectivity index (χ4v) is 3.66. The number of hydrogen-bond donors (Lipinski definition) is 2. The Hall–Kier alpha value is -1.80. The Bertz CT molecular complexity index is 678. The number of carbonyl (C=O) groups excluding carboxylic acids is 1. The molecule has 118 valence electrons. The van der Waals surface area contributed by atoms with Crippen LogP contribution in [0.4, 0.5) is 18.3 Å². The molecule has 6 nitrogen and oxygen atoms in total. The van der Waals surface area contributed by atoms with E-state index in [0.717, 1.165) is 11.3 Å². The number of nitriles is 1. The molecule has 0 spiro atoms. The minimum Gasteiger partial charge on any atom is -0.334 e. The van der Waals surface area contributed by atoms with Crippen molar-refractivity contribution in [3.05, 3.63) is 11.3 Å². The highest BCUT2D eigenvalue weighted by molar-refractivity contribution is 8.01. The summed E-state index contributed by atoms with van der Waals surface area (Å²) in [5.41, 5.74) is -3.99. The van der Waals surface area contributed by atoms with Crippen molar-refractivity contribution in [2.75, 3.05) is 11.1 Å². The first-order valence-corrected chi connectivity index (χ1v) is 7.80. The van der Waals surface area contributed by atoms with Gasteiger partial charge in [-0.1, -0.05) is 30.0 Å². The fraction of sp³-hybridized carbons (Fsp3) is 0.455. The molecule has 2 rings (SSSR count). The Balaban J connectivity index is 2.48. The molecule has 0 fully saturated rings. The zero-order chi connectivity index (χ0) is 16.5. The van der Waals surface area contributed by atoms with Gasteiger partial charge in [0.1, 0.15) is 0 Å². The molecular weight excluding hydrogens is 339 g/mol. The maximum atomic E-state index is 13.6. The minimum absolute atomic E-state index is 0.134. The number of nitrogens with zero attached hydrogens (tertiary/aromatic N) is 3. The van der Waals surface area contributed by atoms with E-state index in [2.05, 4.69) is 20.8 Å². The Morgan fingerprint density at radius 3 is 2.73 bits per heavy atom. The van der Waals surface area contributed by atoms with Gasteiger partial charge in [0, 0.05) is 5.70 Å².